The first-order chi connectivity index (χ1) is 13.9. The molecule has 0 radical (unpaired) electrons. The maximum atomic E-state index is 12.7. The predicted molar refractivity (Wildman–Crippen MR) is 107 cm³/mol. The van der Waals surface area contributed by atoms with Gasteiger partial charge in [-0.05, 0) is 19.1 Å². The Bertz CT molecular complexity index is 799. The van der Waals surface area contributed by atoms with Gasteiger partial charge in [-0.2, -0.15) is 4.31 Å². The van der Waals surface area contributed by atoms with Gasteiger partial charge in [-0.1, -0.05) is 18.2 Å². The number of sulfonamides is 1. The molecule has 160 valence electrons. The number of hydrogen-bond donors (Lipinski definition) is 1. The third-order valence-electron chi connectivity index (χ3n) is 5.69. The standard InChI is InChI=1S/C20H29N3O5S/c1-2-28-20(25)17-8-10-21(11-9-17)16-19(24)22-12-14-23(15-13-22)29(26,27)18-6-4-3-5-7-18/h3-7,17H,2,8-16H2,1H3/p+1. The van der Waals surface area contributed by atoms with E-state index in [1.807, 2.05) is 6.92 Å². The number of piperidine rings is 1. The highest BCUT2D eigenvalue weighted by molar-refractivity contribution is 7.89. The van der Waals surface area contributed by atoms with Crippen LogP contribution in [-0.4, -0.2) is 81.9 Å². The number of quaternary nitrogens is 1. The number of amides is 1. The highest BCUT2D eigenvalue weighted by Gasteiger charge is 2.33. The average molecular weight is 425 g/mol. The Morgan fingerprint density at radius 1 is 1.07 bits per heavy atom. The number of carbonyl (C=O) groups is 2. The molecule has 0 aliphatic carbocycles. The van der Waals surface area contributed by atoms with Crippen LogP contribution in [0.4, 0.5) is 0 Å². The summed E-state index contributed by atoms with van der Waals surface area (Å²) in [7, 11) is -3.51. The van der Waals surface area contributed by atoms with Crippen molar-refractivity contribution in [2.45, 2.75) is 24.7 Å². The molecule has 2 aliphatic heterocycles. The van der Waals surface area contributed by atoms with Gasteiger partial charge in [-0.15, -0.1) is 0 Å². The van der Waals surface area contributed by atoms with Gasteiger partial charge in [-0.3, -0.25) is 9.59 Å². The third-order valence-corrected chi connectivity index (χ3v) is 7.60. The Morgan fingerprint density at radius 3 is 2.28 bits per heavy atom. The number of nitrogens with one attached hydrogen (secondary N) is 1. The zero-order valence-electron chi connectivity index (χ0n) is 16.9. The maximum Gasteiger partial charge on any atom is 0.309 e. The van der Waals surface area contributed by atoms with Crippen LogP contribution in [0.25, 0.3) is 0 Å². The van der Waals surface area contributed by atoms with Crippen molar-refractivity contribution in [2.24, 2.45) is 5.92 Å². The molecule has 1 amide bonds. The Kier molecular flexibility index (Phi) is 7.26. The van der Waals surface area contributed by atoms with Crippen molar-refractivity contribution >= 4 is 21.9 Å². The van der Waals surface area contributed by atoms with Crippen LogP contribution in [0.3, 0.4) is 0 Å². The van der Waals surface area contributed by atoms with Crippen molar-refractivity contribution in [1.82, 2.24) is 9.21 Å². The molecule has 3 rings (SSSR count). The Labute approximate surface area is 172 Å². The number of likely N-dealkylation sites (tertiary alicyclic amines) is 1. The van der Waals surface area contributed by atoms with E-state index in [0.717, 1.165) is 25.9 Å². The van der Waals surface area contributed by atoms with Crippen molar-refractivity contribution in [2.75, 3.05) is 52.4 Å². The first-order valence-corrected chi connectivity index (χ1v) is 11.7. The lowest BCUT2D eigenvalue weighted by molar-refractivity contribution is -0.898. The number of benzene rings is 1. The van der Waals surface area contributed by atoms with E-state index in [2.05, 4.69) is 0 Å². The van der Waals surface area contributed by atoms with Crippen LogP contribution < -0.4 is 4.90 Å². The van der Waals surface area contributed by atoms with Crippen molar-refractivity contribution in [3.63, 3.8) is 0 Å². The van der Waals surface area contributed by atoms with E-state index in [9.17, 15) is 18.0 Å². The van der Waals surface area contributed by atoms with Crippen LogP contribution in [0, 0.1) is 5.92 Å². The molecule has 2 aliphatic rings. The number of rotatable bonds is 6. The lowest BCUT2D eigenvalue weighted by Crippen LogP contribution is -3.14. The topological polar surface area (TPSA) is 88.4 Å². The Morgan fingerprint density at radius 2 is 1.69 bits per heavy atom. The second kappa shape index (κ2) is 9.69. The van der Waals surface area contributed by atoms with Crippen LogP contribution in [0.1, 0.15) is 19.8 Å². The molecule has 1 aromatic carbocycles. The molecular weight excluding hydrogens is 394 g/mol. The van der Waals surface area contributed by atoms with E-state index in [1.165, 1.54) is 9.21 Å². The fourth-order valence-electron chi connectivity index (χ4n) is 3.94. The number of nitrogens with zero attached hydrogens (tertiary/aromatic N) is 2. The summed E-state index contributed by atoms with van der Waals surface area (Å²) in [5.74, 6) is -0.138. The van der Waals surface area contributed by atoms with E-state index in [1.54, 1.807) is 35.2 Å². The fourth-order valence-corrected chi connectivity index (χ4v) is 5.39. The normalized spacial score (nSPS) is 23.6. The molecule has 2 saturated heterocycles. The van der Waals surface area contributed by atoms with E-state index in [-0.39, 0.29) is 22.7 Å². The van der Waals surface area contributed by atoms with Crippen LogP contribution in [-0.2, 0) is 24.3 Å². The van der Waals surface area contributed by atoms with E-state index < -0.39 is 10.0 Å². The van der Waals surface area contributed by atoms with Crippen LogP contribution >= 0.6 is 0 Å². The lowest BCUT2D eigenvalue weighted by Gasteiger charge is -2.35. The summed E-state index contributed by atoms with van der Waals surface area (Å²) in [6, 6.07) is 8.39. The summed E-state index contributed by atoms with van der Waals surface area (Å²) in [5.41, 5.74) is 0. The van der Waals surface area contributed by atoms with Gasteiger partial charge in [-0.25, -0.2) is 8.42 Å². The summed E-state index contributed by atoms with van der Waals surface area (Å²) in [6.07, 6.45) is 1.48. The lowest BCUT2D eigenvalue weighted by atomic mass is 9.97. The molecule has 0 atom stereocenters. The van der Waals surface area contributed by atoms with Gasteiger partial charge >= 0.3 is 5.97 Å². The zero-order valence-corrected chi connectivity index (χ0v) is 17.7. The molecule has 2 fully saturated rings. The van der Waals surface area contributed by atoms with Gasteiger partial charge in [0.15, 0.2) is 6.54 Å². The summed E-state index contributed by atoms with van der Waals surface area (Å²) in [5, 5.41) is 0. The van der Waals surface area contributed by atoms with Crippen LogP contribution in [0.5, 0.6) is 0 Å². The number of ether oxygens (including phenoxy) is 1. The highest BCUT2D eigenvalue weighted by Crippen LogP contribution is 2.17. The first kappa shape index (κ1) is 21.7. The van der Waals surface area contributed by atoms with Gasteiger partial charge in [0.25, 0.3) is 5.91 Å². The first-order valence-electron chi connectivity index (χ1n) is 10.2. The SMILES string of the molecule is CCOC(=O)C1CC[NH+](CC(=O)N2CCN(S(=O)(=O)c3ccccc3)CC2)CC1. The molecule has 1 N–H and O–H groups in total. The van der Waals surface area contributed by atoms with Crippen molar-refractivity contribution in [1.29, 1.82) is 0 Å². The van der Waals surface area contributed by atoms with Crippen molar-refractivity contribution in [3.8, 4) is 0 Å². The average Bonchev–Trinajstić information content (AvgIpc) is 2.75. The quantitative estimate of drug-likeness (QED) is 0.615. The number of esters is 1. The highest BCUT2D eigenvalue weighted by atomic mass is 32.2. The summed E-state index contributed by atoms with van der Waals surface area (Å²) in [6.45, 7) is 5.58. The molecule has 0 bridgehead atoms. The van der Waals surface area contributed by atoms with E-state index >= 15 is 0 Å². The number of hydrogen-bond acceptors (Lipinski definition) is 5. The van der Waals surface area contributed by atoms with Gasteiger partial charge in [0.1, 0.15) is 0 Å². The van der Waals surface area contributed by atoms with Gasteiger partial charge in [0.2, 0.25) is 10.0 Å². The molecule has 0 unspecified atom stereocenters. The van der Waals surface area contributed by atoms with E-state index in [4.69, 9.17) is 4.74 Å². The number of piperazine rings is 1. The molecule has 1 aromatic rings. The maximum absolute atomic E-state index is 12.7. The Balaban J connectivity index is 1.46. The molecule has 0 aromatic heterocycles. The fraction of sp³-hybridized carbons (Fsp3) is 0.600. The van der Waals surface area contributed by atoms with Crippen molar-refractivity contribution in [3.05, 3.63) is 30.3 Å². The van der Waals surface area contributed by atoms with Crippen LogP contribution in [0.15, 0.2) is 35.2 Å². The summed E-state index contributed by atoms with van der Waals surface area (Å²) < 4.78 is 31.9. The largest absolute Gasteiger partial charge is 0.466 e. The molecule has 0 spiro atoms. The zero-order chi connectivity index (χ0) is 20.9. The molecule has 2 heterocycles. The molecule has 0 saturated carbocycles. The minimum Gasteiger partial charge on any atom is -0.466 e. The molecular formula is C20H30N3O5S+. The Hall–Kier alpha value is -1.97. The predicted octanol–water partition coefficient (Wildman–Crippen LogP) is -0.622. The third kappa shape index (κ3) is 5.34. The monoisotopic (exact) mass is 424 g/mol. The summed E-state index contributed by atoms with van der Waals surface area (Å²) >= 11 is 0. The van der Waals surface area contributed by atoms with Gasteiger partial charge in [0.05, 0.1) is 30.5 Å². The molecule has 8 nitrogen and oxygen atoms in total. The minimum atomic E-state index is -3.51. The number of carbonyl (C=O) groups excluding carboxylic acids is 2. The summed E-state index contributed by atoms with van der Waals surface area (Å²) in [4.78, 5) is 27.7. The second-order valence-corrected chi connectivity index (χ2v) is 9.49. The van der Waals surface area contributed by atoms with Crippen LogP contribution in [0.2, 0.25) is 0 Å². The van der Waals surface area contributed by atoms with Gasteiger partial charge in [0, 0.05) is 39.0 Å². The smallest absolute Gasteiger partial charge is 0.309 e. The second-order valence-electron chi connectivity index (χ2n) is 7.55. The molecule has 9 heteroatoms. The molecule has 29 heavy (non-hydrogen) atoms. The minimum absolute atomic E-state index is 0.0475. The van der Waals surface area contributed by atoms with Crippen molar-refractivity contribution < 1.29 is 27.6 Å². The van der Waals surface area contributed by atoms with E-state index in [0.29, 0.717) is 39.3 Å². The van der Waals surface area contributed by atoms with Gasteiger partial charge < -0.3 is 14.5 Å².